The van der Waals surface area contributed by atoms with Crippen molar-refractivity contribution >= 4 is 45.9 Å². The van der Waals surface area contributed by atoms with Crippen LogP contribution in [0.25, 0.3) is 22.6 Å². The predicted octanol–water partition coefficient (Wildman–Crippen LogP) is 3.58. The SMILES string of the molecule is C=C/C(c1ncc2c(N3CCN(C(=O)C(=C)F)CC3)nc(C)nc2c1F)=c1/c(Cl)c(F)cc/c1=C/C. The molecule has 10 heteroatoms. The quantitative estimate of drug-likeness (QED) is 0.499. The van der Waals surface area contributed by atoms with E-state index >= 15 is 4.39 Å². The molecule has 1 amide bonds. The number of benzene rings is 1. The fraction of sp³-hybridized carbons (Fsp3) is 0.231. The van der Waals surface area contributed by atoms with Gasteiger partial charge in [-0.15, -0.1) is 0 Å². The number of anilines is 1. The number of hydrogen-bond acceptors (Lipinski definition) is 5. The van der Waals surface area contributed by atoms with Crippen molar-refractivity contribution in [3.8, 4) is 0 Å². The number of nitrogens with zero attached hydrogens (tertiary/aromatic N) is 5. The van der Waals surface area contributed by atoms with Gasteiger partial charge in [0.2, 0.25) is 0 Å². The van der Waals surface area contributed by atoms with Gasteiger partial charge in [-0.2, -0.15) is 0 Å². The van der Waals surface area contributed by atoms with Gasteiger partial charge < -0.3 is 9.80 Å². The molecule has 36 heavy (non-hydrogen) atoms. The lowest BCUT2D eigenvalue weighted by Crippen LogP contribution is -2.49. The van der Waals surface area contributed by atoms with Gasteiger partial charge in [-0.25, -0.2) is 23.1 Å². The number of aromatic nitrogens is 3. The van der Waals surface area contributed by atoms with Crippen molar-refractivity contribution in [1.29, 1.82) is 0 Å². The zero-order valence-corrected chi connectivity index (χ0v) is 20.5. The zero-order valence-electron chi connectivity index (χ0n) is 19.8. The summed E-state index contributed by atoms with van der Waals surface area (Å²) < 4.78 is 43.5. The highest BCUT2D eigenvalue weighted by atomic mass is 35.5. The minimum atomic E-state index is -1.01. The molecule has 1 fully saturated rings. The van der Waals surface area contributed by atoms with Gasteiger partial charge in [0, 0.05) is 43.2 Å². The first-order chi connectivity index (χ1) is 17.2. The molecule has 0 spiro atoms. The second-order valence-corrected chi connectivity index (χ2v) is 8.57. The van der Waals surface area contributed by atoms with Gasteiger partial charge >= 0.3 is 0 Å². The van der Waals surface area contributed by atoms with E-state index in [0.29, 0.717) is 35.3 Å². The van der Waals surface area contributed by atoms with E-state index in [1.54, 1.807) is 26.0 Å². The molecular weight excluding hydrogens is 491 g/mol. The summed E-state index contributed by atoms with van der Waals surface area (Å²) in [5.41, 5.74) is 0.185. The lowest BCUT2D eigenvalue weighted by molar-refractivity contribution is -0.128. The van der Waals surface area contributed by atoms with Crippen molar-refractivity contribution in [1.82, 2.24) is 19.9 Å². The molecule has 3 aromatic rings. The monoisotopic (exact) mass is 513 g/mol. The fourth-order valence-corrected chi connectivity index (χ4v) is 4.54. The van der Waals surface area contributed by atoms with Crippen LogP contribution in [0.2, 0.25) is 5.02 Å². The highest BCUT2D eigenvalue weighted by molar-refractivity contribution is 6.31. The van der Waals surface area contributed by atoms with Gasteiger partial charge in [0.15, 0.2) is 11.6 Å². The summed E-state index contributed by atoms with van der Waals surface area (Å²) in [6.07, 6.45) is 4.57. The van der Waals surface area contributed by atoms with Gasteiger partial charge in [0.1, 0.15) is 28.7 Å². The molecule has 186 valence electrons. The Balaban J connectivity index is 1.86. The van der Waals surface area contributed by atoms with Crippen molar-refractivity contribution in [2.45, 2.75) is 13.8 Å². The second kappa shape index (κ2) is 10.1. The Bertz CT molecular complexity index is 1530. The molecule has 0 bridgehead atoms. The molecule has 6 nitrogen and oxygen atoms in total. The van der Waals surface area contributed by atoms with Crippen LogP contribution in [-0.2, 0) is 4.79 Å². The van der Waals surface area contributed by atoms with Gasteiger partial charge in [-0.3, -0.25) is 9.78 Å². The molecule has 1 aliphatic rings. The molecule has 0 radical (unpaired) electrons. The van der Waals surface area contributed by atoms with E-state index in [9.17, 15) is 13.6 Å². The molecule has 0 saturated carbocycles. The average molecular weight is 514 g/mol. The van der Waals surface area contributed by atoms with Crippen LogP contribution < -0.4 is 15.3 Å². The van der Waals surface area contributed by atoms with E-state index in [2.05, 4.69) is 28.1 Å². The third-order valence-electron chi connectivity index (χ3n) is 6.04. The topological polar surface area (TPSA) is 62.2 Å². The molecule has 0 unspecified atom stereocenters. The maximum atomic E-state index is 16.0. The number of halogens is 4. The van der Waals surface area contributed by atoms with Crippen LogP contribution in [0.15, 0.2) is 43.4 Å². The van der Waals surface area contributed by atoms with Crippen LogP contribution in [0.3, 0.4) is 0 Å². The number of rotatable bonds is 4. The summed E-state index contributed by atoms with van der Waals surface area (Å²) in [5.74, 6) is -2.35. The lowest BCUT2D eigenvalue weighted by atomic mass is 10.0. The first kappa shape index (κ1) is 25.4. The molecule has 1 aliphatic heterocycles. The highest BCUT2D eigenvalue weighted by Crippen LogP contribution is 2.29. The molecule has 1 aromatic carbocycles. The summed E-state index contributed by atoms with van der Waals surface area (Å²) in [5, 5.41) is 1.08. The van der Waals surface area contributed by atoms with Crippen LogP contribution >= 0.6 is 11.6 Å². The molecule has 2 aromatic heterocycles. The minimum absolute atomic E-state index is 0.0343. The fourth-order valence-electron chi connectivity index (χ4n) is 4.27. The number of piperazine rings is 1. The molecule has 1 saturated heterocycles. The van der Waals surface area contributed by atoms with Crippen LogP contribution in [0.4, 0.5) is 19.0 Å². The Kier molecular flexibility index (Phi) is 7.12. The normalized spacial score (nSPS) is 15.3. The Hall–Kier alpha value is -3.72. The van der Waals surface area contributed by atoms with Crippen molar-refractivity contribution < 1.29 is 18.0 Å². The predicted molar refractivity (Wildman–Crippen MR) is 135 cm³/mol. The van der Waals surface area contributed by atoms with Crippen LogP contribution in [0, 0.1) is 18.6 Å². The standard InChI is InChI=1S/C26H23ClF3N5O/c1-5-16-7-8-19(29)21(27)20(16)17(6-2)23-22(30)24-18(13-31-23)25(33-15(4)32-24)34-9-11-35(12-10-34)26(36)14(3)28/h5-8,13H,2-3,9-12H2,1,4H3/b16-5-,20-17-. The van der Waals surface area contributed by atoms with Gasteiger partial charge in [0.25, 0.3) is 5.91 Å². The number of pyridine rings is 1. The van der Waals surface area contributed by atoms with E-state index in [-0.39, 0.29) is 40.1 Å². The summed E-state index contributed by atoms with van der Waals surface area (Å²) in [4.78, 5) is 28.3. The average Bonchev–Trinajstić information content (AvgIpc) is 2.87. The third-order valence-corrected chi connectivity index (χ3v) is 6.41. The number of carbonyl (C=O) groups is 1. The highest BCUT2D eigenvalue weighted by Gasteiger charge is 2.26. The maximum absolute atomic E-state index is 16.0. The summed E-state index contributed by atoms with van der Waals surface area (Å²) in [7, 11) is 0. The first-order valence-corrected chi connectivity index (χ1v) is 11.5. The van der Waals surface area contributed by atoms with Crippen molar-refractivity contribution in [3.05, 3.63) is 82.0 Å². The largest absolute Gasteiger partial charge is 0.352 e. The summed E-state index contributed by atoms with van der Waals surface area (Å²) >= 11 is 6.27. The molecule has 3 heterocycles. The minimum Gasteiger partial charge on any atom is -0.352 e. The Morgan fingerprint density at radius 1 is 1.17 bits per heavy atom. The molecule has 0 atom stereocenters. The molecule has 4 rings (SSSR count). The van der Waals surface area contributed by atoms with E-state index < -0.39 is 23.4 Å². The zero-order chi connectivity index (χ0) is 26.1. The number of carbonyl (C=O) groups excluding carboxylic acids is 1. The van der Waals surface area contributed by atoms with Gasteiger partial charge in [0.05, 0.1) is 10.4 Å². The van der Waals surface area contributed by atoms with E-state index in [1.807, 2.05) is 4.90 Å². The smallest absolute Gasteiger partial charge is 0.282 e. The van der Waals surface area contributed by atoms with Crippen LogP contribution in [0.1, 0.15) is 18.4 Å². The van der Waals surface area contributed by atoms with Crippen molar-refractivity contribution in [2.75, 3.05) is 31.1 Å². The molecule has 0 N–H and O–H groups in total. The number of allylic oxidation sites excluding steroid dienone is 1. The van der Waals surface area contributed by atoms with Gasteiger partial charge in [-0.1, -0.05) is 43.0 Å². The first-order valence-electron chi connectivity index (χ1n) is 11.2. The van der Waals surface area contributed by atoms with Crippen LogP contribution in [0.5, 0.6) is 0 Å². The summed E-state index contributed by atoms with van der Waals surface area (Å²) in [6.45, 7) is 11.5. The Labute approximate surface area is 210 Å². The number of aryl methyl sites for hydroxylation is 1. The lowest BCUT2D eigenvalue weighted by Gasteiger charge is -2.35. The van der Waals surface area contributed by atoms with E-state index in [1.165, 1.54) is 23.2 Å². The van der Waals surface area contributed by atoms with Crippen LogP contribution in [-0.4, -0.2) is 51.9 Å². The van der Waals surface area contributed by atoms with Gasteiger partial charge in [-0.05, 0) is 25.1 Å². The summed E-state index contributed by atoms with van der Waals surface area (Å²) in [6, 6.07) is 2.79. The van der Waals surface area contributed by atoms with E-state index in [4.69, 9.17) is 11.6 Å². The number of fused-ring (bicyclic) bond motifs is 1. The number of hydrogen-bond donors (Lipinski definition) is 0. The Morgan fingerprint density at radius 3 is 2.47 bits per heavy atom. The van der Waals surface area contributed by atoms with Crippen molar-refractivity contribution in [3.63, 3.8) is 0 Å². The third kappa shape index (κ3) is 4.46. The van der Waals surface area contributed by atoms with Crippen molar-refractivity contribution in [2.24, 2.45) is 0 Å². The molecular formula is C26H23ClF3N5O. The van der Waals surface area contributed by atoms with E-state index in [0.717, 1.165) is 0 Å². The maximum Gasteiger partial charge on any atom is 0.282 e. The molecule has 0 aliphatic carbocycles. The number of amides is 1. The second-order valence-electron chi connectivity index (χ2n) is 8.19. The Morgan fingerprint density at radius 2 is 1.86 bits per heavy atom.